The Morgan fingerprint density at radius 3 is 2.43 bits per heavy atom. The number of sulfonamides is 1. The van der Waals surface area contributed by atoms with Crippen molar-refractivity contribution in [1.29, 1.82) is 0 Å². The Hall–Kier alpha value is -4.02. The van der Waals surface area contributed by atoms with Gasteiger partial charge in [0.2, 0.25) is 17.6 Å². The number of anilines is 2. The second-order valence-electron chi connectivity index (χ2n) is 9.48. The minimum atomic E-state index is -3.86. The molecule has 0 spiro atoms. The minimum Gasteiger partial charge on any atom is -0.337 e. The van der Waals surface area contributed by atoms with E-state index in [2.05, 4.69) is 20.2 Å². The third-order valence-corrected chi connectivity index (χ3v) is 7.80. The van der Waals surface area contributed by atoms with Gasteiger partial charge in [-0.3, -0.25) is 9.52 Å². The fourth-order valence-corrected chi connectivity index (χ4v) is 4.86. The van der Waals surface area contributed by atoms with Gasteiger partial charge in [0.15, 0.2) is 0 Å². The summed E-state index contributed by atoms with van der Waals surface area (Å²) in [7, 11) is -3.86. The lowest BCUT2D eigenvalue weighted by Gasteiger charge is -2.12. The van der Waals surface area contributed by atoms with Crippen molar-refractivity contribution in [1.82, 2.24) is 10.1 Å². The molecule has 0 saturated heterocycles. The highest BCUT2D eigenvalue weighted by molar-refractivity contribution is 7.92. The molecule has 1 atom stereocenters. The first-order chi connectivity index (χ1) is 17.7. The Bertz CT molecular complexity index is 1510. The highest BCUT2D eigenvalue weighted by Gasteiger charge is 2.44. The fraction of sp³-hybridized carbons (Fsp3) is 0.222. The van der Waals surface area contributed by atoms with Crippen LogP contribution in [0.5, 0.6) is 0 Å². The number of hydrogen-bond donors (Lipinski definition) is 3. The first-order valence-corrected chi connectivity index (χ1v) is 13.4. The zero-order chi connectivity index (χ0) is 26.0. The van der Waals surface area contributed by atoms with E-state index in [0.29, 0.717) is 35.1 Å². The van der Waals surface area contributed by atoms with Crippen LogP contribution in [0, 0.1) is 5.41 Å². The van der Waals surface area contributed by atoms with E-state index in [-0.39, 0.29) is 16.2 Å². The molecule has 10 heteroatoms. The summed E-state index contributed by atoms with van der Waals surface area (Å²) >= 11 is 0. The molecule has 1 unspecified atom stereocenters. The van der Waals surface area contributed by atoms with Crippen molar-refractivity contribution in [2.75, 3.05) is 10.0 Å². The van der Waals surface area contributed by atoms with E-state index >= 15 is 0 Å². The van der Waals surface area contributed by atoms with Gasteiger partial charge in [0.25, 0.3) is 10.0 Å². The number of benzene rings is 3. The Balaban J connectivity index is 1.25. The van der Waals surface area contributed by atoms with Crippen molar-refractivity contribution in [3.8, 4) is 11.4 Å². The molecule has 0 aliphatic heterocycles. The predicted molar refractivity (Wildman–Crippen MR) is 140 cm³/mol. The molecule has 9 nitrogen and oxygen atoms in total. The topological polar surface area (TPSA) is 140 Å². The average Bonchev–Trinajstić information content (AvgIpc) is 3.45. The molecule has 1 aliphatic rings. The zero-order valence-corrected chi connectivity index (χ0v) is 21.0. The molecule has 4 aromatic rings. The molecule has 1 saturated carbocycles. The van der Waals surface area contributed by atoms with E-state index in [1.165, 1.54) is 12.1 Å². The lowest BCUT2D eigenvalue weighted by Crippen LogP contribution is -2.21. The number of nitrogens with zero attached hydrogens (tertiary/aromatic N) is 2. The van der Waals surface area contributed by atoms with Gasteiger partial charge in [0.1, 0.15) is 0 Å². The number of rotatable bonds is 9. The maximum atomic E-state index is 13.0. The fourth-order valence-electron chi connectivity index (χ4n) is 3.81. The van der Waals surface area contributed by atoms with Crippen molar-refractivity contribution in [2.24, 2.45) is 11.1 Å². The molecular weight excluding hydrogens is 490 g/mol. The van der Waals surface area contributed by atoms with Gasteiger partial charge in [0, 0.05) is 16.7 Å². The van der Waals surface area contributed by atoms with Crippen LogP contribution in [-0.4, -0.2) is 24.5 Å². The monoisotopic (exact) mass is 517 g/mol. The largest absolute Gasteiger partial charge is 0.337 e. The molecule has 37 heavy (non-hydrogen) atoms. The first-order valence-electron chi connectivity index (χ1n) is 11.9. The van der Waals surface area contributed by atoms with Crippen LogP contribution in [0.3, 0.4) is 0 Å². The number of nitrogens with two attached hydrogens (primary N) is 1. The predicted octanol–water partition coefficient (Wildman–Crippen LogP) is 4.52. The first kappa shape index (κ1) is 24.7. The smallest absolute Gasteiger partial charge is 0.261 e. The molecule has 4 N–H and O–H groups in total. The van der Waals surface area contributed by atoms with Crippen LogP contribution < -0.4 is 15.8 Å². The average molecular weight is 518 g/mol. The lowest BCUT2D eigenvalue weighted by atomic mass is 10.1. The van der Waals surface area contributed by atoms with Gasteiger partial charge in [-0.05, 0) is 67.3 Å². The maximum absolute atomic E-state index is 13.0. The standard InChI is InChI=1S/C27H27N5O4S/c1-27(14-15-27)26(33)29-20-8-5-9-21(17-20)32-37(34,35)22-12-10-19(11-13-22)24-30-25(36-31-24)23(28)16-18-6-3-2-4-7-18/h2-13,17,23,32H,14-16,28H2,1H3,(H,29,33). The van der Waals surface area contributed by atoms with Crippen LogP contribution in [0.4, 0.5) is 11.4 Å². The summed E-state index contributed by atoms with van der Waals surface area (Å²) in [6.07, 6.45) is 2.26. The van der Waals surface area contributed by atoms with Gasteiger partial charge < -0.3 is 15.6 Å². The zero-order valence-electron chi connectivity index (χ0n) is 20.2. The molecule has 0 radical (unpaired) electrons. The Kier molecular flexibility index (Phi) is 6.53. The summed E-state index contributed by atoms with van der Waals surface area (Å²) in [4.78, 5) is 16.8. The van der Waals surface area contributed by atoms with E-state index < -0.39 is 16.1 Å². The van der Waals surface area contributed by atoms with Crippen LogP contribution in [0.1, 0.15) is 37.3 Å². The van der Waals surface area contributed by atoms with Gasteiger partial charge in [0.05, 0.1) is 16.6 Å². The highest BCUT2D eigenvalue weighted by Crippen LogP contribution is 2.45. The van der Waals surface area contributed by atoms with Crippen molar-refractivity contribution < 1.29 is 17.7 Å². The summed E-state index contributed by atoms with van der Waals surface area (Å²) in [6.45, 7) is 1.91. The molecule has 1 fully saturated rings. The maximum Gasteiger partial charge on any atom is 0.261 e. The van der Waals surface area contributed by atoms with Crippen LogP contribution in [0.25, 0.3) is 11.4 Å². The second-order valence-corrected chi connectivity index (χ2v) is 11.2. The molecule has 190 valence electrons. The second kappa shape index (κ2) is 9.79. The van der Waals surface area contributed by atoms with Crippen molar-refractivity contribution >= 4 is 27.3 Å². The Morgan fingerprint density at radius 1 is 1.03 bits per heavy atom. The molecule has 1 aliphatic carbocycles. The number of nitrogens with one attached hydrogen (secondary N) is 2. The SMILES string of the molecule is CC1(C(=O)Nc2cccc(NS(=O)(=O)c3ccc(-c4noc(C(N)Cc5ccccc5)n4)cc3)c2)CC1. The van der Waals surface area contributed by atoms with Crippen molar-refractivity contribution in [3.63, 3.8) is 0 Å². The molecular formula is C27H27N5O4S. The highest BCUT2D eigenvalue weighted by atomic mass is 32.2. The van der Waals surface area contributed by atoms with Crippen molar-refractivity contribution in [3.05, 3.63) is 90.3 Å². The van der Waals surface area contributed by atoms with Gasteiger partial charge in [-0.2, -0.15) is 4.98 Å². The molecule has 1 aromatic heterocycles. The van der Waals surface area contributed by atoms with Crippen LogP contribution >= 0.6 is 0 Å². The Morgan fingerprint density at radius 2 is 1.73 bits per heavy atom. The van der Waals surface area contributed by atoms with E-state index in [9.17, 15) is 13.2 Å². The van der Waals surface area contributed by atoms with Crippen LogP contribution in [-0.2, 0) is 21.2 Å². The summed E-state index contributed by atoms with van der Waals surface area (Å²) in [6, 6.07) is 22.1. The molecule has 1 amide bonds. The number of aromatic nitrogens is 2. The molecule has 1 heterocycles. The number of hydrogen-bond acceptors (Lipinski definition) is 7. The summed E-state index contributed by atoms with van der Waals surface area (Å²) in [5, 5.41) is 6.85. The number of carbonyl (C=O) groups excluding carboxylic acids is 1. The van der Waals surface area contributed by atoms with E-state index in [1.54, 1.807) is 36.4 Å². The van der Waals surface area contributed by atoms with Gasteiger partial charge in [-0.1, -0.05) is 48.5 Å². The van der Waals surface area contributed by atoms with Gasteiger partial charge in [-0.25, -0.2) is 8.42 Å². The van der Waals surface area contributed by atoms with E-state index in [1.807, 2.05) is 37.3 Å². The normalized spacial score (nSPS) is 15.1. The number of amides is 1. The molecule has 0 bridgehead atoms. The Labute approximate surface area is 215 Å². The lowest BCUT2D eigenvalue weighted by molar-refractivity contribution is -0.120. The third kappa shape index (κ3) is 5.71. The van der Waals surface area contributed by atoms with Crippen LogP contribution in [0.15, 0.2) is 88.3 Å². The summed E-state index contributed by atoms with van der Waals surface area (Å²) in [5.74, 6) is 0.567. The third-order valence-electron chi connectivity index (χ3n) is 6.40. The van der Waals surface area contributed by atoms with E-state index in [4.69, 9.17) is 10.3 Å². The quantitative estimate of drug-likeness (QED) is 0.296. The van der Waals surface area contributed by atoms with Crippen molar-refractivity contribution in [2.45, 2.75) is 37.1 Å². The van der Waals surface area contributed by atoms with Crippen LogP contribution in [0.2, 0.25) is 0 Å². The summed E-state index contributed by atoms with van der Waals surface area (Å²) in [5.41, 5.74) is 8.43. The van der Waals surface area contributed by atoms with E-state index in [0.717, 1.165) is 18.4 Å². The van der Waals surface area contributed by atoms with Gasteiger partial charge in [-0.15, -0.1) is 0 Å². The molecule has 5 rings (SSSR count). The van der Waals surface area contributed by atoms with Gasteiger partial charge >= 0.3 is 0 Å². The number of carbonyl (C=O) groups is 1. The minimum absolute atomic E-state index is 0.0614. The summed E-state index contributed by atoms with van der Waals surface area (Å²) < 4.78 is 33.8. The molecule has 3 aromatic carbocycles.